The van der Waals surface area contributed by atoms with Gasteiger partial charge in [-0.15, -0.1) is 0 Å². The first kappa shape index (κ1) is 8.72. The fraction of sp³-hybridized carbons (Fsp3) is 0.222. The highest BCUT2D eigenvalue weighted by atomic mass is 16.3. The molecular formula is C9H9NO2. The van der Waals surface area contributed by atoms with Crippen molar-refractivity contribution in [2.45, 2.75) is 12.2 Å². The highest BCUT2D eigenvalue weighted by Crippen LogP contribution is 2.15. The van der Waals surface area contributed by atoms with E-state index in [1.54, 1.807) is 36.4 Å². The first-order valence-corrected chi connectivity index (χ1v) is 3.56. The fourth-order valence-electron chi connectivity index (χ4n) is 0.903. The molecule has 1 rings (SSSR count). The second kappa shape index (κ2) is 3.86. The molecule has 3 heteroatoms. The van der Waals surface area contributed by atoms with Crippen molar-refractivity contribution < 1.29 is 10.2 Å². The van der Waals surface area contributed by atoms with Crippen molar-refractivity contribution in [1.29, 1.82) is 5.26 Å². The molecule has 12 heavy (non-hydrogen) atoms. The molecule has 3 nitrogen and oxygen atoms in total. The zero-order valence-electron chi connectivity index (χ0n) is 6.38. The zero-order chi connectivity index (χ0) is 8.97. The Morgan fingerprint density at radius 2 is 1.75 bits per heavy atom. The Balaban J connectivity index is 2.80. The van der Waals surface area contributed by atoms with Gasteiger partial charge in [-0.25, -0.2) is 0 Å². The van der Waals surface area contributed by atoms with E-state index in [0.29, 0.717) is 5.56 Å². The minimum absolute atomic E-state index is 0.548. The average molecular weight is 163 g/mol. The minimum atomic E-state index is -1.35. The maximum atomic E-state index is 9.32. The van der Waals surface area contributed by atoms with E-state index >= 15 is 0 Å². The molecule has 0 saturated heterocycles. The molecule has 0 saturated carbocycles. The molecule has 0 aromatic heterocycles. The SMILES string of the molecule is N#CC(O)[C@@H](O)c1ccccc1. The van der Waals surface area contributed by atoms with E-state index in [9.17, 15) is 5.11 Å². The smallest absolute Gasteiger partial charge is 0.170 e. The van der Waals surface area contributed by atoms with Gasteiger partial charge in [0.05, 0.1) is 6.07 Å². The number of rotatable bonds is 2. The number of benzene rings is 1. The molecule has 0 radical (unpaired) electrons. The van der Waals surface area contributed by atoms with Crippen LogP contribution in [0.1, 0.15) is 11.7 Å². The highest BCUT2D eigenvalue weighted by Gasteiger charge is 2.16. The molecule has 2 atom stereocenters. The highest BCUT2D eigenvalue weighted by molar-refractivity contribution is 5.19. The third-order valence-corrected chi connectivity index (χ3v) is 1.57. The summed E-state index contributed by atoms with van der Waals surface area (Å²) in [6.07, 6.45) is -2.47. The molecule has 0 fully saturated rings. The molecular weight excluding hydrogens is 154 g/mol. The first-order valence-electron chi connectivity index (χ1n) is 3.56. The van der Waals surface area contributed by atoms with Gasteiger partial charge in [-0.1, -0.05) is 30.3 Å². The molecule has 0 bridgehead atoms. The van der Waals surface area contributed by atoms with Gasteiger partial charge >= 0.3 is 0 Å². The summed E-state index contributed by atoms with van der Waals surface area (Å²) >= 11 is 0. The van der Waals surface area contributed by atoms with Crippen LogP contribution >= 0.6 is 0 Å². The monoisotopic (exact) mass is 163 g/mol. The molecule has 2 N–H and O–H groups in total. The number of aliphatic hydroxyl groups excluding tert-OH is 2. The van der Waals surface area contributed by atoms with E-state index in [0.717, 1.165) is 0 Å². The van der Waals surface area contributed by atoms with Crippen LogP contribution < -0.4 is 0 Å². The van der Waals surface area contributed by atoms with Crippen molar-refractivity contribution in [2.24, 2.45) is 0 Å². The minimum Gasteiger partial charge on any atom is -0.385 e. The van der Waals surface area contributed by atoms with Crippen LogP contribution in [0.2, 0.25) is 0 Å². The number of hydrogen-bond acceptors (Lipinski definition) is 3. The quantitative estimate of drug-likeness (QED) is 0.627. The Labute approximate surface area is 70.5 Å². The maximum Gasteiger partial charge on any atom is 0.170 e. The molecule has 0 aliphatic heterocycles. The van der Waals surface area contributed by atoms with Crippen LogP contribution in [0.4, 0.5) is 0 Å². The van der Waals surface area contributed by atoms with E-state index < -0.39 is 12.2 Å². The van der Waals surface area contributed by atoms with E-state index in [-0.39, 0.29) is 0 Å². The molecule has 0 aliphatic carbocycles. The lowest BCUT2D eigenvalue weighted by Gasteiger charge is -2.10. The average Bonchev–Trinajstić information content (AvgIpc) is 2.17. The van der Waals surface area contributed by atoms with Crippen molar-refractivity contribution in [1.82, 2.24) is 0 Å². The third kappa shape index (κ3) is 1.82. The van der Waals surface area contributed by atoms with Crippen LogP contribution in [0.25, 0.3) is 0 Å². The molecule has 0 spiro atoms. The lowest BCUT2D eigenvalue weighted by molar-refractivity contribution is 0.0528. The molecule has 62 valence electrons. The van der Waals surface area contributed by atoms with Gasteiger partial charge in [0.1, 0.15) is 6.10 Å². The Bertz CT molecular complexity index is 278. The molecule has 0 amide bonds. The Morgan fingerprint density at radius 3 is 2.25 bits per heavy atom. The molecule has 0 aliphatic rings. The van der Waals surface area contributed by atoms with Gasteiger partial charge in [-0.05, 0) is 5.56 Å². The third-order valence-electron chi connectivity index (χ3n) is 1.57. The summed E-state index contributed by atoms with van der Waals surface area (Å²) < 4.78 is 0. The van der Waals surface area contributed by atoms with Crippen molar-refractivity contribution in [3.05, 3.63) is 35.9 Å². The standard InChI is InChI=1S/C9H9NO2/c10-6-8(11)9(12)7-4-2-1-3-5-7/h1-5,8-9,11-12H/t8?,9-/m0/s1. The Kier molecular flexibility index (Phi) is 2.81. The van der Waals surface area contributed by atoms with Crippen LogP contribution in [0.5, 0.6) is 0 Å². The first-order chi connectivity index (χ1) is 5.75. The normalized spacial score (nSPS) is 14.8. The largest absolute Gasteiger partial charge is 0.385 e. The molecule has 1 aromatic carbocycles. The topological polar surface area (TPSA) is 64.2 Å². The number of nitriles is 1. The summed E-state index contributed by atoms with van der Waals surface area (Å²) in [6.45, 7) is 0. The van der Waals surface area contributed by atoms with Crippen LogP contribution in [-0.4, -0.2) is 16.3 Å². The van der Waals surface area contributed by atoms with Gasteiger partial charge in [0, 0.05) is 0 Å². The lowest BCUT2D eigenvalue weighted by Crippen LogP contribution is -2.15. The van der Waals surface area contributed by atoms with Gasteiger partial charge in [0.15, 0.2) is 6.10 Å². The van der Waals surface area contributed by atoms with E-state index in [1.165, 1.54) is 0 Å². The van der Waals surface area contributed by atoms with Gasteiger partial charge in [-0.3, -0.25) is 0 Å². The van der Waals surface area contributed by atoms with Gasteiger partial charge in [0.25, 0.3) is 0 Å². The van der Waals surface area contributed by atoms with Crippen molar-refractivity contribution >= 4 is 0 Å². The summed E-state index contributed by atoms with van der Waals surface area (Å²) in [7, 11) is 0. The van der Waals surface area contributed by atoms with Crippen molar-refractivity contribution in [3.63, 3.8) is 0 Å². The fourth-order valence-corrected chi connectivity index (χ4v) is 0.903. The van der Waals surface area contributed by atoms with E-state index in [4.69, 9.17) is 10.4 Å². The molecule has 1 unspecified atom stereocenters. The predicted molar refractivity (Wildman–Crippen MR) is 43.0 cm³/mol. The van der Waals surface area contributed by atoms with Gasteiger partial charge in [0.2, 0.25) is 0 Å². The summed E-state index contributed by atoms with van der Waals surface area (Å²) in [6, 6.07) is 10.2. The van der Waals surface area contributed by atoms with Crippen molar-refractivity contribution in [3.8, 4) is 6.07 Å². The Morgan fingerprint density at radius 1 is 1.17 bits per heavy atom. The van der Waals surface area contributed by atoms with Crippen LogP contribution in [0.15, 0.2) is 30.3 Å². The van der Waals surface area contributed by atoms with Gasteiger partial charge in [-0.2, -0.15) is 5.26 Å². The summed E-state index contributed by atoms with van der Waals surface area (Å²) in [5.74, 6) is 0. The van der Waals surface area contributed by atoms with E-state index in [1.807, 2.05) is 0 Å². The number of hydrogen-bond donors (Lipinski definition) is 2. The predicted octanol–water partition coefficient (Wildman–Crippen LogP) is 0.604. The number of nitrogens with zero attached hydrogens (tertiary/aromatic N) is 1. The lowest BCUT2D eigenvalue weighted by atomic mass is 10.1. The molecule has 0 heterocycles. The van der Waals surface area contributed by atoms with Crippen molar-refractivity contribution in [2.75, 3.05) is 0 Å². The maximum absolute atomic E-state index is 9.32. The van der Waals surface area contributed by atoms with E-state index in [2.05, 4.69) is 0 Å². The van der Waals surface area contributed by atoms with Crippen LogP contribution in [0.3, 0.4) is 0 Å². The summed E-state index contributed by atoms with van der Waals surface area (Å²) in [5.41, 5.74) is 0.548. The Hall–Kier alpha value is -1.37. The summed E-state index contributed by atoms with van der Waals surface area (Å²) in [5, 5.41) is 26.6. The number of aliphatic hydroxyl groups is 2. The second-order valence-electron chi connectivity index (χ2n) is 2.43. The molecule has 1 aromatic rings. The summed E-state index contributed by atoms with van der Waals surface area (Å²) in [4.78, 5) is 0. The second-order valence-corrected chi connectivity index (χ2v) is 2.43. The van der Waals surface area contributed by atoms with Crippen LogP contribution in [0, 0.1) is 11.3 Å². The van der Waals surface area contributed by atoms with Crippen LogP contribution in [-0.2, 0) is 0 Å². The zero-order valence-corrected chi connectivity index (χ0v) is 6.38. The van der Waals surface area contributed by atoms with Gasteiger partial charge < -0.3 is 10.2 Å².